The van der Waals surface area contributed by atoms with Crippen LogP contribution in [0.25, 0.3) is 0 Å². The number of hydrogen-bond donors (Lipinski definition) is 1. The molecule has 0 bridgehead atoms. The summed E-state index contributed by atoms with van der Waals surface area (Å²) in [6, 6.07) is 3.36. The third kappa shape index (κ3) is 2.91. The molecule has 1 aromatic heterocycles. The third-order valence-electron chi connectivity index (χ3n) is 2.50. The zero-order valence-electron chi connectivity index (χ0n) is 8.57. The van der Waals surface area contributed by atoms with Crippen LogP contribution in [0.1, 0.15) is 23.4 Å². The van der Waals surface area contributed by atoms with E-state index in [0.29, 0.717) is 5.76 Å². The smallest absolute Gasteiger partial charge is 0.223 e. The second kappa shape index (κ2) is 5.09. The molecule has 82 valence electrons. The molecule has 0 radical (unpaired) electrons. The molecule has 2 rings (SSSR count). The average Bonchev–Trinajstić information content (AvgIpc) is 2.81. The van der Waals surface area contributed by atoms with Crippen LogP contribution in [-0.2, 0) is 4.74 Å². The van der Waals surface area contributed by atoms with E-state index in [-0.39, 0.29) is 18.5 Å². The molecule has 0 saturated carbocycles. The van der Waals surface area contributed by atoms with E-state index in [0.717, 1.165) is 25.9 Å². The lowest BCUT2D eigenvalue weighted by atomic mass is 10.1. The molecule has 1 atom stereocenters. The maximum absolute atomic E-state index is 11.5. The molecule has 0 unspecified atom stereocenters. The zero-order valence-corrected chi connectivity index (χ0v) is 8.57. The Kier molecular flexibility index (Phi) is 3.53. The van der Waals surface area contributed by atoms with Gasteiger partial charge in [0.15, 0.2) is 5.76 Å². The lowest BCUT2D eigenvalue weighted by molar-refractivity contribution is 0.0332. The molecule has 0 aromatic carbocycles. The number of carbonyl (C=O) groups is 1. The summed E-state index contributed by atoms with van der Waals surface area (Å²) in [7, 11) is 0. The first-order valence-corrected chi connectivity index (χ1v) is 5.25. The number of nitrogens with one attached hydrogen (secondary N) is 1. The van der Waals surface area contributed by atoms with Gasteiger partial charge < -0.3 is 14.5 Å². The summed E-state index contributed by atoms with van der Waals surface area (Å²) in [5.41, 5.74) is 0. The number of Topliss-reactive ketones (excluding diaryl/α,β-unsaturated/α-hetero) is 1. The highest BCUT2D eigenvalue weighted by atomic mass is 16.5. The number of piperidine rings is 1. The standard InChI is InChI=1S/C11H15NO3/c13-10(11-4-2-6-14-11)8-15-9-3-1-5-12-7-9/h2,4,6,9,12H,1,3,5,7-8H2/t9-/m0/s1. The van der Waals surface area contributed by atoms with Gasteiger partial charge in [0.25, 0.3) is 0 Å². The van der Waals surface area contributed by atoms with Crippen LogP contribution < -0.4 is 5.32 Å². The van der Waals surface area contributed by atoms with Crippen molar-refractivity contribution in [3.63, 3.8) is 0 Å². The minimum atomic E-state index is -0.0921. The largest absolute Gasteiger partial charge is 0.461 e. The third-order valence-corrected chi connectivity index (χ3v) is 2.50. The van der Waals surface area contributed by atoms with E-state index in [1.807, 2.05) is 0 Å². The molecule has 4 nitrogen and oxygen atoms in total. The Labute approximate surface area is 88.6 Å². The van der Waals surface area contributed by atoms with Gasteiger partial charge in [-0.2, -0.15) is 0 Å². The van der Waals surface area contributed by atoms with E-state index >= 15 is 0 Å². The Morgan fingerprint density at radius 3 is 3.27 bits per heavy atom. The van der Waals surface area contributed by atoms with Gasteiger partial charge in [0.1, 0.15) is 6.61 Å². The van der Waals surface area contributed by atoms with Crippen LogP contribution in [0.15, 0.2) is 22.8 Å². The van der Waals surface area contributed by atoms with Gasteiger partial charge in [-0.25, -0.2) is 0 Å². The molecule has 1 saturated heterocycles. The fraction of sp³-hybridized carbons (Fsp3) is 0.545. The number of ether oxygens (including phenoxy) is 1. The number of ketones is 1. The van der Waals surface area contributed by atoms with Crippen molar-refractivity contribution < 1.29 is 13.9 Å². The molecule has 1 N–H and O–H groups in total. The number of rotatable bonds is 4. The molecule has 1 aliphatic heterocycles. The summed E-state index contributed by atoms with van der Waals surface area (Å²) < 4.78 is 10.5. The molecule has 1 aromatic rings. The van der Waals surface area contributed by atoms with E-state index < -0.39 is 0 Å². The molecule has 15 heavy (non-hydrogen) atoms. The molecule has 1 fully saturated rings. The Morgan fingerprint density at radius 2 is 2.60 bits per heavy atom. The van der Waals surface area contributed by atoms with Crippen molar-refractivity contribution in [2.75, 3.05) is 19.7 Å². The van der Waals surface area contributed by atoms with Crippen molar-refractivity contribution in [3.8, 4) is 0 Å². The molecular weight excluding hydrogens is 194 g/mol. The first-order chi connectivity index (χ1) is 7.36. The van der Waals surface area contributed by atoms with Crippen LogP contribution in [0, 0.1) is 0 Å². The van der Waals surface area contributed by atoms with Crippen molar-refractivity contribution in [2.45, 2.75) is 18.9 Å². The Bertz CT molecular complexity index is 302. The normalized spacial score (nSPS) is 21.5. The Hall–Kier alpha value is -1.13. The topological polar surface area (TPSA) is 51.5 Å². The zero-order chi connectivity index (χ0) is 10.5. The lowest BCUT2D eigenvalue weighted by Gasteiger charge is -2.22. The predicted molar refractivity (Wildman–Crippen MR) is 54.9 cm³/mol. The molecule has 2 heterocycles. The molecule has 4 heteroatoms. The molecule has 0 spiro atoms. The van der Waals surface area contributed by atoms with Gasteiger partial charge >= 0.3 is 0 Å². The number of hydrogen-bond acceptors (Lipinski definition) is 4. The predicted octanol–water partition coefficient (Wildman–Crippen LogP) is 1.23. The molecule has 0 aliphatic carbocycles. The highest BCUT2D eigenvalue weighted by molar-refractivity contribution is 5.94. The summed E-state index contributed by atoms with van der Waals surface area (Å²) in [5, 5.41) is 3.23. The quantitative estimate of drug-likeness (QED) is 0.758. The first kappa shape index (κ1) is 10.4. The SMILES string of the molecule is O=C(CO[C@H]1CCCNC1)c1ccco1. The van der Waals surface area contributed by atoms with Crippen molar-refractivity contribution in [3.05, 3.63) is 24.2 Å². The monoisotopic (exact) mass is 209 g/mol. The Morgan fingerprint density at radius 1 is 1.67 bits per heavy atom. The summed E-state index contributed by atoms with van der Waals surface area (Å²) >= 11 is 0. The maximum Gasteiger partial charge on any atom is 0.223 e. The lowest BCUT2D eigenvalue weighted by Crippen LogP contribution is -2.36. The highest BCUT2D eigenvalue weighted by Crippen LogP contribution is 2.07. The van der Waals surface area contributed by atoms with Gasteiger partial charge in [-0.3, -0.25) is 4.79 Å². The molecule has 0 amide bonds. The van der Waals surface area contributed by atoms with Crippen molar-refractivity contribution in [2.24, 2.45) is 0 Å². The van der Waals surface area contributed by atoms with Crippen molar-refractivity contribution >= 4 is 5.78 Å². The van der Waals surface area contributed by atoms with E-state index in [4.69, 9.17) is 9.15 Å². The second-order valence-electron chi connectivity index (χ2n) is 3.68. The van der Waals surface area contributed by atoms with E-state index in [1.54, 1.807) is 12.1 Å². The molecule has 1 aliphatic rings. The van der Waals surface area contributed by atoms with Crippen LogP contribution >= 0.6 is 0 Å². The van der Waals surface area contributed by atoms with Gasteiger partial charge in [-0.1, -0.05) is 0 Å². The summed E-state index contributed by atoms with van der Waals surface area (Å²) in [4.78, 5) is 11.5. The highest BCUT2D eigenvalue weighted by Gasteiger charge is 2.16. The van der Waals surface area contributed by atoms with Crippen molar-refractivity contribution in [1.29, 1.82) is 0 Å². The van der Waals surface area contributed by atoms with Gasteiger partial charge in [-0.15, -0.1) is 0 Å². The van der Waals surface area contributed by atoms with E-state index in [1.165, 1.54) is 6.26 Å². The van der Waals surface area contributed by atoms with E-state index in [2.05, 4.69) is 5.32 Å². The summed E-state index contributed by atoms with van der Waals surface area (Å²) in [6.07, 6.45) is 3.80. The van der Waals surface area contributed by atoms with Crippen molar-refractivity contribution in [1.82, 2.24) is 5.32 Å². The van der Waals surface area contributed by atoms with E-state index in [9.17, 15) is 4.79 Å². The summed E-state index contributed by atoms with van der Waals surface area (Å²) in [5.74, 6) is 0.282. The van der Waals surface area contributed by atoms with Gasteiger partial charge in [0, 0.05) is 6.54 Å². The average molecular weight is 209 g/mol. The minimum Gasteiger partial charge on any atom is -0.461 e. The van der Waals surface area contributed by atoms with Crippen LogP contribution in [0.5, 0.6) is 0 Å². The summed E-state index contributed by atoms with van der Waals surface area (Å²) in [6.45, 7) is 2.00. The molecular formula is C11H15NO3. The van der Waals surface area contributed by atoms with Gasteiger partial charge in [0.2, 0.25) is 5.78 Å². The maximum atomic E-state index is 11.5. The number of furan rings is 1. The minimum absolute atomic E-state index is 0.0921. The fourth-order valence-corrected chi connectivity index (χ4v) is 1.66. The fourth-order valence-electron chi connectivity index (χ4n) is 1.66. The van der Waals surface area contributed by atoms with Crippen LogP contribution in [0.2, 0.25) is 0 Å². The number of carbonyl (C=O) groups excluding carboxylic acids is 1. The van der Waals surface area contributed by atoms with Crippen LogP contribution in [0.4, 0.5) is 0 Å². The Balaban J connectivity index is 1.75. The van der Waals surface area contributed by atoms with Gasteiger partial charge in [-0.05, 0) is 31.5 Å². The first-order valence-electron chi connectivity index (χ1n) is 5.25. The van der Waals surface area contributed by atoms with Crippen LogP contribution in [-0.4, -0.2) is 31.6 Å². The second-order valence-corrected chi connectivity index (χ2v) is 3.68. The van der Waals surface area contributed by atoms with Crippen LogP contribution in [0.3, 0.4) is 0 Å². The van der Waals surface area contributed by atoms with Gasteiger partial charge in [0.05, 0.1) is 12.4 Å².